The minimum absolute atomic E-state index is 0.0638. The van der Waals surface area contributed by atoms with Gasteiger partial charge in [0.2, 0.25) is 5.76 Å². The van der Waals surface area contributed by atoms with Gasteiger partial charge in [-0.1, -0.05) is 5.16 Å². The van der Waals surface area contributed by atoms with Gasteiger partial charge >= 0.3 is 0 Å². The van der Waals surface area contributed by atoms with E-state index in [1.807, 2.05) is 0 Å². The van der Waals surface area contributed by atoms with Crippen molar-refractivity contribution >= 4 is 5.69 Å². The molecule has 0 unspecified atom stereocenters. The summed E-state index contributed by atoms with van der Waals surface area (Å²) in [6, 6.07) is 9.83. The highest BCUT2D eigenvalue weighted by Gasteiger charge is 2.12. The van der Waals surface area contributed by atoms with E-state index in [4.69, 9.17) is 13.7 Å². The molecule has 0 saturated heterocycles. The summed E-state index contributed by atoms with van der Waals surface area (Å²) < 4.78 is 15.9. The lowest BCUT2D eigenvalue weighted by molar-refractivity contribution is -0.385. The van der Waals surface area contributed by atoms with E-state index in [0.29, 0.717) is 28.5 Å². The maximum Gasteiger partial charge on any atom is 0.272 e. The Bertz CT molecular complexity index is 792. The first-order valence-corrected chi connectivity index (χ1v) is 6.51. The van der Waals surface area contributed by atoms with Gasteiger partial charge in [0.15, 0.2) is 5.76 Å². The highest BCUT2D eigenvalue weighted by atomic mass is 16.6. The van der Waals surface area contributed by atoms with Gasteiger partial charge in [0.05, 0.1) is 11.2 Å². The van der Waals surface area contributed by atoms with E-state index in [0.717, 1.165) is 0 Å². The number of benzene rings is 1. The van der Waals surface area contributed by atoms with Crippen molar-refractivity contribution < 1.29 is 18.6 Å². The maximum atomic E-state index is 10.8. The van der Waals surface area contributed by atoms with Crippen LogP contribution in [0.4, 0.5) is 5.69 Å². The van der Waals surface area contributed by atoms with Gasteiger partial charge in [-0.2, -0.15) is 0 Å². The summed E-state index contributed by atoms with van der Waals surface area (Å²) in [6.45, 7) is 1.86. The van der Waals surface area contributed by atoms with Crippen molar-refractivity contribution in [2.24, 2.45) is 0 Å². The van der Waals surface area contributed by atoms with Gasteiger partial charge in [0.1, 0.15) is 18.1 Å². The van der Waals surface area contributed by atoms with E-state index in [-0.39, 0.29) is 12.3 Å². The van der Waals surface area contributed by atoms with Crippen molar-refractivity contribution in [3.8, 4) is 17.3 Å². The summed E-state index contributed by atoms with van der Waals surface area (Å²) in [5.41, 5.74) is 1.20. The van der Waals surface area contributed by atoms with Gasteiger partial charge in [0, 0.05) is 17.7 Å². The van der Waals surface area contributed by atoms with Crippen LogP contribution in [0.25, 0.3) is 11.5 Å². The molecule has 0 fully saturated rings. The first kappa shape index (κ1) is 13.9. The summed E-state index contributed by atoms with van der Waals surface area (Å²) in [6.07, 6.45) is 1.55. The molecule has 0 radical (unpaired) electrons. The van der Waals surface area contributed by atoms with Crippen molar-refractivity contribution in [2.75, 3.05) is 0 Å². The third kappa shape index (κ3) is 2.83. The molecule has 0 saturated carbocycles. The van der Waals surface area contributed by atoms with Crippen molar-refractivity contribution in [1.29, 1.82) is 0 Å². The molecule has 0 N–H and O–H groups in total. The third-order valence-electron chi connectivity index (χ3n) is 3.07. The highest BCUT2D eigenvalue weighted by Crippen LogP contribution is 2.24. The molecule has 0 aliphatic heterocycles. The number of hydrogen-bond donors (Lipinski definition) is 0. The first-order chi connectivity index (χ1) is 10.6. The highest BCUT2D eigenvalue weighted by molar-refractivity contribution is 5.49. The molecule has 1 aromatic carbocycles. The Morgan fingerprint density at radius 2 is 2.14 bits per heavy atom. The van der Waals surface area contributed by atoms with Crippen molar-refractivity contribution in [3.63, 3.8) is 0 Å². The Labute approximate surface area is 125 Å². The molecule has 7 nitrogen and oxygen atoms in total. The van der Waals surface area contributed by atoms with E-state index < -0.39 is 4.92 Å². The molecule has 2 heterocycles. The van der Waals surface area contributed by atoms with Gasteiger partial charge < -0.3 is 13.7 Å². The van der Waals surface area contributed by atoms with Gasteiger partial charge in [-0.3, -0.25) is 10.1 Å². The van der Waals surface area contributed by atoms with Crippen LogP contribution >= 0.6 is 0 Å². The van der Waals surface area contributed by atoms with Crippen molar-refractivity contribution in [2.45, 2.75) is 13.5 Å². The Hall–Kier alpha value is -3.09. The Balaban J connectivity index is 1.68. The van der Waals surface area contributed by atoms with Gasteiger partial charge in [0.25, 0.3) is 5.69 Å². The second kappa shape index (κ2) is 5.72. The normalized spacial score (nSPS) is 10.6. The van der Waals surface area contributed by atoms with E-state index >= 15 is 0 Å². The second-order valence-corrected chi connectivity index (χ2v) is 4.65. The van der Waals surface area contributed by atoms with Crippen LogP contribution in [0.5, 0.6) is 5.75 Å². The zero-order chi connectivity index (χ0) is 15.5. The van der Waals surface area contributed by atoms with Crippen LogP contribution < -0.4 is 4.74 Å². The fourth-order valence-electron chi connectivity index (χ4n) is 1.99. The molecular formula is C15H12N2O5. The van der Waals surface area contributed by atoms with Crippen LogP contribution in [-0.4, -0.2) is 10.1 Å². The number of ether oxygens (including phenoxy) is 1. The SMILES string of the molecule is Cc1cc(OCc2cc(-c3ccco3)on2)ccc1[N+](=O)[O-]. The number of aryl methyl sites for hydroxylation is 1. The van der Waals surface area contributed by atoms with Crippen LogP contribution in [0.3, 0.4) is 0 Å². The minimum atomic E-state index is -0.424. The van der Waals surface area contributed by atoms with E-state index in [2.05, 4.69) is 5.16 Å². The molecule has 22 heavy (non-hydrogen) atoms. The van der Waals surface area contributed by atoms with Crippen molar-refractivity contribution in [3.05, 3.63) is 64.0 Å². The molecule has 3 rings (SSSR count). The summed E-state index contributed by atoms with van der Waals surface area (Å²) in [7, 11) is 0. The van der Waals surface area contributed by atoms with Gasteiger partial charge in [-0.25, -0.2) is 0 Å². The largest absolute Gasteiger partial charge is 0.487 e. The molecule has 0 atom stereocenters. The molecular weight excluding hydrogens is 288 g/mol. The molecule has 7 heteroatoms. The number of nitro benzene ring substituents is 1. The number of aromatic nitrogens is 1. The number of nitrogens with zero attached hydrogens (tertiary/aromatic N) is 2. The number of hydrogen-bond acceptors (Lipinski definition) is 6. The van der Waals surface area contributed by atoms with E-state index in [1.54, 1.807) is 43.5 Å². The number of nitro groups is 1. The third-order valence-corrected chi connectivity index (χ3v) is 3.07. The maximum absolute atomic E-state index is 10.8. The molecule has 0 bridgehead atoms. The zero-order valence-electron chi connectivity index (χ0n) is 11.7. The fourth-order valence-corrected chi connectivity index (χ4v) is 1.99. The Kier molecular flexibility index (Phi) is 3.61. The lowest BCUT2D eigenvalue weighted by Gasteiger charge is -2.04. The molecule has 0 spiro atoms. The molecule has 0 aliphatic rings. The van der Waals surface area contributed by atoms with E-state index in [9.17, 15) is 10.1 Å². The number of furan rings is 1. The standard InChI is InChI=1S/C15H12N2O5/c1-10-7-12(4-5-13(10)17(18)19)21-9-11-8-15(22-16-11)14-3-2-6-20-14/h2-8H,9H2,1H3. The van der Waals surface area contributed by atoms with Gasteiger partial charge in [-0.05, 0) is 31.2 Å². The lowest BCUT2D eigenvalue weighted by atomic mass is 10.2. The Morgan fingerprint density at radius 1 is 1.27 bits per heavy atom. The molecule has 0 amide bonds. The summed E-state index contributed by atoms with van der Waals surface area (Å²) >= 11 is 0. The molecule has 112 valence electrons. The average Bonchev–Trinajstić information content (AvgIpc) is 3.16. The summed E-state index contributed by atoms with van der Waals surface area (Å²) in [5, 5.41) is 14.6. The van der Waals surface area contributed by atoms with Crippen LogP contribution in [-0.2, 0) is 6.61 Å². The van der Waals surface area contributed by atoms with E-state index in [1.165, 1.54) is 6.07 Å². The van der Waals surface area contributed by atoms with Crippen LogP contribution in [0.1, 0.15) is 11.3 Å². The zero-order valence-corrected chi connectivity index (χ0v) is 11.7. The second-order valence-electron chi connectivity index (χ2n) is 4.65. The number of rotatable bonds is 5. The Morgan fingerprint density at radius 3 is 2.82 bits per heavy atom. The lowest BCUT2D eigenvalue weighted by Crippen LogP contribution is -1.97. The predicted octanol–water partition coefficient (Wildman–Crippen LogP) is 3.73. The molecule has 3 aromatic rings. The average molecular weight is 300 g/mol. The summed E-state index contributed by atoms with van der Waals surface area (Å²) in [4.78, 5) is 10.3. The van der Waals surface area contributed by atoms with Crippen molar-refractivity contribution in [1.82, 2.24) is 5.16 Å². The quantitative estimate of drug-likeness (QED) is 0.526. The smallest absolute Gasteiger partial charge is 0.272 e. The fraction of sp³-hybridized carbons (Fsp3) is 0.133. The topological polar surface area (TPSA) is 91.5 Å². The molecule has 2 aromatic heterocycles. The monoisotopic (exact) mass is 300 g/mol. The molecule has 0 aliphatic carbocycles. The van der Waals surface area contributed by atoms with Crippen LogP contribution in [0.15, 0.2) is 51.6 Å². The summed E-state index contributed by atoms with van der Waals surface area (Å²) in [5.74, 6) is 1.64. The van der Waals surface area contributed by atoms with Crippen LogP contribution in [0, 0.1) is 17.0 Å². The minimum Gasteiger partial charge on any atom is -0.487 e. The van der Waals surface area contributed by atoms with Gasteiger partial charge in [-0.15, -0.1) is 0 Å². The van der Waals surface area contributed by atoms with Crippen LogP contribution in [0.2, 0.25) is 0 Å². The first-order valence-electron chi connectivity index (χ1n) is 6.51. The predicted molar refractivity (Wildman–Crippen MR) is 76.4 cm³/mol.